The van der Waals surface area contributed by atoms with Gasteiger partial charge in [-0.25, -0.2) is 15.0 Å². The van der Waals surface area contributed by atoms with Gasteiger partial charge in [0.2, 0.25) is 0 Å². The van der Waals surface area contributed by atoms with Crippen molar-refractivity contribution in [2.45, 2.75) is 0 Å². The summed E-state index contributed by atoms with van der Waals surface area (Å²) in [5.41, 5.74) is 2.63. The second-order valence-corrected chi connectivity index (χ2v) is 8.69. The third-order valence-electron chi connectivity index (χ3n) is 5.42. The van der Waals surface area contributed by atoms with Gasteiger partial charge in [-0.2, -0.15) is 0 Å². The Bertz CT molecular complexity index is 1580. The van der Waals surface area contributed by atoms with Crippen LogP contribution in [0, 0.1) is 0 Å². The number of nitrogens with one attached hydrogen (secondary N) is 2. The van der Waals surface area contributed by atoms with Crippen molar-refractivity contribution >= 4 is 56.8 Å². The van der Waals surface area contributed by atoms with Gasteiger partial charge in [-0.05, 0) is 30.3 Å². The van der Waals surface area contributed by atoms with Gasteiger partial charge < -0.3 is 24.7 Å². The van der Waals surface area contributed by atoms with Crippen LogP contribution in [-0.2, 0) is 11.3 Å². The summed E-state index contributed by atoms with van der Waals surface area (Å²) in [4.78, 5) is 17.6. The number of rotatable bonds is 9. The molecule has 12 heteroatoms. The van der Waals surface area contributed by atoms with Crippen molar-refractivity contribution in [3.63, 3.8) is 0 Å². The molecule has 0 radical (unpaired) electrons. The summed E-state index contributed by atoms with van der Waals surface area (Å²) in [6, 6.07) is 19.3. The number of hydrogen-bond donors (Lipinski definition) is 2. The number of anilines is 6. The Morgan fingerprint density at radius 2 is 1.58 bits per heavy atom. The molecule has 0 aliphatic carbocycles. The molecular formula is C26H22N7O4S-. The van der Waals surface area contributed by atoms with Gasteiger partial charge in [-0.1, -0.05) is 18.2 Å². The summed E-state index contributed by atoms with van der Waals surface area (Å²) in [6.07, 6.45) is 4.69. The van der Waals surface area contributed by atoms with Crippen LogP contribution in [0.5, 0.6) is 11.5 Å². The van der Waals surface area contributed by atoms with Crippen molar-refractivity contribution in [3.05, 3.63) is 85.3 Å². The third kappa shape index (κ3) is 5.45. The van der Waals surface area contributed by atoms with Crippen LogP contribution in [0.4, 0.5) is 34.5 Å². The molecule has 0 saturated carbocycles. The number of aromatic nitrogens is 4. The van der Waals surface area contributed by atoms with Gasteiger partial charge in [-0.15, -0.1) is 0 Å². The van der Waals surface area contributed by atoms with Crippen LogP contribution in [0.1, 0.15) is 0 Å². The molecule has 5 aromatic rings. The standard InChI is InChI=1S/C26H23N7O4S/c1-36-20-13-18(14-21(15-20)37-2)30-25-26(32-23-9-4-3-8-22(23)31-25)33(38(34)35)19-7-5-6-17(12-19)29-24-16-27-10-11-28-24/h3-16H,1-2H3,(H,28,29)(H,30,31)(H,34,35)/p-1. The first-order chi connectivity index (χ1) is 18.5. The molecule has 2 N–H and O–H groups in total. The predicted octanol–water partition coefficient (Wildman–Crippen LogP) is 4.86. The van der Waals surface area contributed by atoms with E-state index in [0.29, 0.717) is 45.4 Å². The summed E-state index contributed by atoms with van der Waals surface area (Å²) in [7, 11) is 3.09. The highest BCUT2D eigenvalue weighted by Gasteiger charge is 2.20. The average molecular weight is 529 g/mol. The molecule has 1 unspecified atom stereocenters. The molecule has 1 atom stereocenters. The van der Waals surface area contributed by atoms with Gasteiger partial charge >= 0.3 is 0 Å². The van der Waals surface area contributed by atoms with Gasteiger partial charge in [0, 0.05) is 42.0 Å². The van der Waals surface area contributed by atoms with E-state index in [0.717, 1.165) is 4.31 Å². The molecule has 192 valence electrons. The molecule has 3 aromatic carbocycles. The average Bonchev–Trinajstić information content (AvgIpc) is 2.93. The largest absolute Gasteiger partial charge is 0.755 e. The van der Waals surface area contributed by atoms with Crippen LogP contribution >= 0.6 is 0 Å². The van der Waals surface area contributed by atoms with Crippen LogP contribution in [0.3, 0.4) is 0 Å². The normalized spacial score (nSPS) is 11.6. The maximum absolute atomic E-state index is 12.7. The van der Waals surface area contributed by atoms with E-state index < -0.39 is 11.3 Å². The summed E-state index contributed by atoms with van der Waals surface area (Å²) < 4.78 is 37.1. The minimum absolute atomic E-state index is 0.0791. The molecule has 0 aliphatic heterocycles. The van der Waals surface area contributed by atoms with Crippen molar-refractivity contribution in [3.8, 4) is 11.5 Å². The number of ether oxygens (including phenoxy) is 2. The van der Waals surface area contributed by atoms with Crippen molar-refractivity contribution < 1.29 is 18.2 Å². The van der Waals surface area contributed by atoms with E-state index in [-0.39, 0.29) is 11.6 Å². The molecule has 0 spiro atoms. The number of benzene rings is 3. The Labute approximate surface area is 220 Å². The highest BCUT2D eigenvalue weighted by Crippen LogP contribution is 2.36. The minimum atomic E-state index is -2.75. The van der Waals surface area contributed by atoms with E-state index in [9.17, 15) is 8.76 Å². The van der Waals surface area contributed by atoms with Crippen LogP contribution in [0.2, 0.25) is 0 Å². The zero-order valence-corrected chi connectivity index (χ0v) is 21.2. The lowest BCUT2D eigenvalue weighted by Gasteiger charge is -2.27. The summed E-state index contributed by atoms with van der Waals surface area (Å²) >= 11 is -2.75. The maximum Gasteiger partial charge on any atom is 0.188 e. The smallest absolute Gasteiger partial charge is 0.188 e. The quantitative estimate of drug-likeness (QED) is 0.255. The van der Waals surface area contributed by atoms with E-state index in [2.05, 4.69) is 25.6 Å². The maximum atomic E-state index is 12.7. The van der Waals surface area contributed by atoms with E-state index in [1.165, 1.54) is 0 Å². The number of nitrogens with zero attached hydrogens (tertiary/aromatic N) is 5. The molecule has 0 bridgehead atoms. The molecule has 2 heterocycles. The van der Waals surface area contributed by atoms with Crippen LogP contribution in [0.15, 0.2) is 85.3 Å². The van der Waals surface area contributed by atoms with Gasteiger partial charge in [0.25, 0.3) is 0 Å². The molecule has 5 rings (SSSR count). The molecule has 0 aliphatic rings. The number of fused-ring (bicyclic) bond motifs is 1. The van der Waals surface area contributed by atoms with E-state index in [1.807, 2.05) is 12.1 Å². The molecule has 2 aromatic heterocycles. The topological polar surface area (TPSA) is 137 Å². The number of hydrogen-bond acceptors (Lipinski definition) is 10. The lowest BCUT2D eigenvalue weighted by molar-refractivity contribution is 0.395. The highest BCUT2D eigenvalue weighted by molar-refractivity contribution is 7.81. The minimum Gasteiger partial charge on any atom is -0.755 e. The third-order valence-corrected chi connectivity index (χ3v) is 6.11. The zero-order valence-electron chi connectivity index (χ0n) is 20.4. The van der Waals surface area contributed by atoms with E-state index in [4.69, 9.17) is 14.5 Å². The molecule has 0 amide bonds. The van der Waals surface area contributed by atoms with Gasteiger partial charge in [0.05, 0.1) is 48.4 Å². The molecule has 38 heavy (non-hydrogen) atoms. The van der Waals surface area contributed by atoms with Gasteiger partial charge in [0.15, 0.2) is 11.6 Å². The lowest BCUT2D eigenvalue weighted by atomic mass is 10.2. The van der Waals surface area contributed by atoms with Crippen molar-refractivity contribution in [1.29, 1.82) is 0 Å². The van der Waals surface area contributed by atoms with Crippen molar-refractivity contribution in [1.82, 2.24) is 19.9 Å². The first kappa shape index (κ1) is 24.9. The highest BCUT2D eigenvalue weighted by atomic mass is 32.2. The molecule has 0 fully saturated rings. The van der Waals surface area contributed by atoms with Crippen LogP contribution < -0.4 is 24.4 Å². The van der Waals surface area contributed by atoms with E-state index in [1.54, 1.807) is 87.4 Å². The SMILES string of the molecule is COc1cc(Nc2nc3ccccc3nc2N(c2cccc(Nc3cnccn3)c2)S(=O)[O-])cc(OC)c1. The molecule has 11 nitrogen and oxygen atoms in total. The van der Waals surface area contributed by atoms with Crippen molar-refractivity contribution in [2.24, 2.45) is 0 Å². The second kappa shape index (κ2) is 11.1. The van der Waals surface area contributed by atoms with E-state index >= 15 is 0 Å². The second-order valence-electron chi connectivity index (χ2n) is 7.89. The Kier molecular flexibility index (Phi) is 7.24. The molecule has 0 saturated heterocycles. The fourth-order valence-corrected chi connectivity index (χ4v) is 4.29. The van der Waals surface area contributed by atoms with Gasteiger partial charge in [0.1, 0.15) is 17.3 Å². The summed E-state index contributed by atoms with van der Waals surface area (Å²) in [5.74, 6) is 1.91. The molecular weight excluding hydrogens is 506 g/mol. The fraction of sp³-hybridized carbons (Fsp3) is 0.0769. The first-order valence-electron chi connectivity index (χ1n) is 11.3. The summed E-state index contributed by atoms with van der Waals surface area (Å²) in [5, 5.41) is 6.31. The monoisotopic (exact) mass is 528 g/mol. The predicted molar refractivity (Wildman–Crippen MR) is 145 cm³/mol. The van der Waals surface area contributed by atoms with Gasteiger partial charge in [-0.3, -0.25) is 13.5 Å². The Hall–Kier alpha value is -4.81. The first-order valence-corrected chi connectivity index (χ1v) is 12.4. The van der Waals surface area contributed by atoms with Crippen LogP contribution in [0.25, 0.3) is 11.0 Å². The Balaban J connectivity index is 1.61. The Morgan fingerprint density at radius 3 is 2.24 bits per heavy atom. The number of methoxy groups -OCH3 is 2. The Morgan fingerprint density at radius 1 is 0.842 bits per heavy atom. The fourth-order valence-electron chi connectivity index (χ4n) is 3.73. The van der Waals surface area contributed by atoms with Crippen LogP contribution in [-0.4, -0.2) is 42.9 Å². The lowest BCUT2D eigenvalue weighted by Crippen LogP contribution is -2.22. The number of para-hydroxylation sites is 2. The van der Waals surface area contributed by atoms with Crippen molar-refractivity contribution in [2.75, 3.05) is 29.2 Å². The zero-order chi connectivity index (χ0) is 26.5. The summed E-state index contributed by atoms with van der Waals surface area (Å²) in [6.45, 7) is 0.